The molecule has 1 rings (SSSR count). The molecule has 0 aliphatic carbocycles. The lowest BCUT2D eigenvalue weighted by atomic mass is 10.5. The number of morpholine rings is 1. The first kappa shape index (κ1) is 6.73. The summed E-state index contributed by atoms with van der Waals surface area (Å²) in [6.45, 7) is 3.72. The maximum absolute atomic E-state index is 5.12. The third-order valence-corrected chi connectivity index (χ3v) is 1.81. The van der Waals surface area contributed by atoms with Crippen molar-refractivity contribution in [2.24, 2.45) is 0 Å². The molecule has 1 aliphatic heterocycles. The van der Waals surface area contributed by atoms with Gasteiger partial charge in [-0.1, -0.05) is 0 Å². The SMILES string of the molecule is INN1CCOCC1. The highest BCUT2D eigenvalue weighted by Crippen LogP contribution is 1.92. The Kier molecular flexibility index (Phi) is 3.03. The maximum atomic E-state index is 5.12. The van der Waals surface area contributed by atoms with Crippen molar-refractivity contribution in [3.05, 3.63) is 0 Å². The molecule has 4 heteroatoms. The van der Waals surface area contributed by atoms with Crippen molar-refractivity contribution in [3.63, 3.8) is 0 Å². The largest absolute Gasteiger partial charge is 0.379 e. The average molecular weight is 228 g/mol. The number of hydrogen-bond acceptors (Lipinski definition) is 3. The predicted molar refractivity (Wildman–Crippen MR) is 39.5 cm³/mol. The zero-order valence-corrected chi connectivity index (χ0v) is 6.72. The zero-order valence-electron chi connectivity index (χ0n) is 4.56. The van der Waals surface area contributed by atoms with Crippen molar-refractivity contribution in [2.75, 3.05) is 26.3 Å². The molecular formula is C4H9IN2O. The first-order valence-corrected chi connectivity index (χ1v) is 3.70. The molecule has 1 N–H and O–H groups in total. The van der Waals surface area contributed by atoms with E-state index in [9.17, 15) is 0 Å². The van der Waals surface area contributed by atoms with Crippen LogP contribution in [0.5, 0.6) is 0 Å². The number of nitrogens with zero attached hydrogens (tertiary/aromatic N) is 1. The van der Waals surface area contributed by atoms with Crippen molar-refractivity contribution in [1.82, 2.24) is 8.65 Å². The molecule has 0 amide bonds. The predicted octanol–water partition coefficient (Wildman–Crippen LogP) is 0.173. The third kappa shape index (κ3) is 1.85. The van der Waals surface area contributed by atoms with E-state index in [0.717, 1.165) is 26.3 Å². The quantitative estimate of drug-likeness (QED) is 0.511. The first-order valence-electron chi connectivity index (χ1n) is 2.62. The Morgan fingerprint density at radius 2 is 2.00 bits per heavy atom. The van der Waals surface area contributed by atoms with Crippen LogP contribution in [0.15, 0.2) is 0 Å². The van der Waals surface area contributed by atoms with E-state index in [1.165, 1.54) is 0 Å². The van der Waals surface area contributed by atoms with E-state index >= 15 is 0 Å². The normalized spacial score (nSPS) is 23.6. The summed E-state index contributed by atoms with van der Waals surface area (Å²) < 4.78 is 8.14. The highest BCUT2D eigenvalue weighted by atomic mass is 127. The van der Waals surface area contributed by atoms with Gasteiger partial charge in [0.05, 0.1) is 13.2 Å². The van der Waals surface area contributed by atoms with Gasteiger partial charge in [0.15, 0.2) is 0 Å². The van der Waals surface area contributed by atoms with E-state index in [2.05, 4.69) is 31.5 Å². The summed E-state index contributed by atoms with van der Waals surface area (Å²) in [5.74, 6) is 0. The molecule has 0 aromatic carbocycles. The van der Waals surface area contributed by atoms with Gasteiger partial charge in [-0.15, -0.1) is 0 Å². The van der Waals surface area contributed by atoms with Gasteiger partial charge in [0.2, 0.25) is 0 Å². The van der Waals surface area contributed by atoms with Gasteiger partial charge in [-0.05, 0) is 0 Å². The Hall–Kier alpha value is 0.610. The fourth-order valence-electron chi connectivity index (χ4n) is 0.648. The fourth-order valence-corrected chi connectivity index (χ4v) is 1.13. The molecule has 0 unspecified atom stereocenters. The van der Waals surface area contributed by atoms with Crippen molar-refractivity contribution in [3.8, 4) is 0 Å². The summed E-state index contributed by atoms with van der Waals surface area (Å²) >= 11 is 2.13. The Morgan fingerprint density at radius 1 is 1.38 bits per heavy atom. The van der Waals surface area contributed by atoms with Gasteiger partial charge in [0.25, 0.3) is 0 Å². The van der Waals surface area contributed by atoms with Crippen LogP contribution in [-0.4, -0.2) is 31.3 Å². The monoisotopic (exact) mass is 228 g/mol. The Morgan fingerprint density at radius 3 is 2.38 bits per heavy atom. The maximum Gasteiger partial charge on any atom is 0.0608 e. The van der Waals surface area contributed by atoms with E-state index in [-0.39, 0.29) is 0 Å². The Labute approximate surface area is 62.8 Å². The number of hydrogen-bond donors (Lipinski definition) is 1. The van der Waals surface area contributed by atoms with Crippen LogP contribution in [0.4, 0.5) is 0 Å². The number of nitrogens with one attached hydrogen (secondary N) is 1. The fraction of sp³-hybridized carbons (Fsp3) is 1.00. The molecule has 8 heavy (non-hydrogen) atoms. The van der Waals surface area contributed by atoms with Gasteiger partial charge in [-0.2, -0.15) is 3.64 Å². The van der Waals surface area contributed by atoms with E-state index in [1.54, 1.807) is 0 Å². The number of ether oxygens (including phenoxy) is 1. The van der Waals surface area contributed by atoms with Gasteiger partial charge in [-0.3, -0.25) is 0 Å². The number of hydrazine groups is 1. The van der Waals surface area contributed by atoms with Crippen molar-refractivity contribution >= 4 is 22.9 Å². The van der Waals surface area contributed by atoms with Gasteiger partial charge in [0, 0.05) is 36.0 Å². The second-order valence-corrected chi connectivity index (χ2v) is 2.17. The first-order chi connectivity index (χ1) is 3.93. The van der Waals surface area contributed by atoms with E-state index < -0.39 is 0 Å². The lowest BCUT2D eigenvalue weighted by Gasteiger charge is -2.23. The van der Waals surface area contributed by atoms with Crippen LogP contribution in [0.2, 0.25) is 0 Å². The summed E-state index contributed by atoms with van der Waals surface area (Å²) in [7, 11) is 0. The molecule has 0 aromatic heterocycles. The summed E-state index contributed by atoms with van der Waals surface area (Å²) in [4.78, 5) is 0. The molecule has 0 spiro atoms. The number of halogens is 1. The highest BCUT2D eigenvalue weighted by molar-refractivity contribution is 14.1. The lowest BCUT2D eigenvalue weighted by molar-refractivity contribution is 0.0319. The van der Waals surface area contributed by atoms with Crippen LogP contribution in [0, 0.1) is 0 Å². The van der Waals surface area contributed by atoms with Gasteiger partial charge >= 0.3 is 0 Å². The van der Waals surface area contributed by atoms with Crippen LogP contribution in [0.25, 0.3) is 0 Å². The highest BCUT2D eigenvalue weighted by Gasteiger charge is 2.06. The molecule has 1 saturated heterocycles. The molecule has 1 aliphatic rings. The van der Waals surface area contributed by atoms with E-state index in [0.29, 0.717) is 0 Å². The van der Waals surface area contributed by atoms with Crippen LogP contribution in [0.3, 0.4) is 0 Å². The summed E-state index contributed by atoms with van der Waals surface area (Å²) in [5, 5.41) is 2.13. The van der Waals surface area contributed by atoms with Crippen molar-refractivity contribution < 1.29 is 4.74 Å². The van der Waals surface area contributed by atoms with Crippen LogP contribution in [-0.2, 0) is 4.74 Å². The van der Waals surface area contributed by atoms with Crippen molar-refractivity contribution in [2.45, 2.75) is 0 Å². The van der Waals surface area contributed by atoms with E-state index in [4.69, 9.17) is 4.74 Å². The minimum Gasteiger partial charge on any atom is -0.379 e. The van der Waals surface area contributed by atoms with Crippen LogP contribution < -0.4 is 3.64 Å². The van der Waals surface area contributed by atoms with Crippen LogP contribution in [0.1, 0.15) is 0 Å². The minimum atomic E-state index is 0.857. The Bertz CT molecular complexity index is 65.1. The van der Waals surface area contributed by atoms with Crippen molar-refractivity contribution in [1.29, 1.82) is 0 Å². The van der Waals surface area contributed by atoms with Gasteiger partial charge < -0.3 is 4.74 Å². The van der Waals surface area contributed by atoms with Gasteiger partial charge in [0.1, 0.15) is 0 Å². The molecule has 48 valence electrons. The molecule has 0 saturated carbocycles. The second kappa shape index (κ2) is 3.60. The third-order valence-electron chi connectivity index (χ3n) is 1.13. The smallest absolute Gasteiger partial charge is 0.0608 e. The zero-order chi connectivity index (χ0) is 5.82. The Balaban J connectivity index is 2.13. The molecule has 0 atom stereocenters. The molecule has 0 radical (unpaired) electrons. The topological polar surface area (TPSA) is 24.5 Å². The second-order valence-electron chi connectivity index (χ2n) is 1.68. The molecular weight excluding hydrogens is 219 g/mol. The summed E-state index contributed by atoms with van der Waals surface area (Å²) in [6, 6.07) is 0. The minimum absolute atomic E-state index is 0.857. The standard InChI is InChI=1S/C4H9IN2O/c5-6-7-1-3-8-4-2-7/h6H,1-4H2. The van der Waals surface area contributed by atoms with E-state index in [1.807, 2.05) is 0 Å². The lowest BCUT2D eigenvalue weighted by Crippen LogP contribution is -2.41. The summed E-state index contributed by atoms with van der Waals surface area (Å²) in [6.07, 6.45) is 0. The molecule has 3 nitrogen and oxygen atoms in total. The summed E-state index contributed by atoms with van der Waals surface area (Å²) in [5.41, 5.74) is 0. The molecule has 1 fully saturated rings. The molecule has 1 heterocycles. The average Bonchev–Trinajstić information content (AvgIpc) is 1.90. The molecule has 0 bridgehead atoms. The number of rotatable bonds is 1. The van der Waals surface area contributed by atoms with Crippen LogP contribution >= 0.6 is 22.9 Å². The molecule has 0 aromatic rings. The van der Waals surface area contributed by atoms with Gasteiger partial charge in [-0.25, -0.2) is 5.01 Å².